The highest BCUT2D eigenvalue weighted by molar-refractivity contribution is 6.40. The third kappa shape index (κ3) is 3.80. The van der Waals surface area contributed by atoms with Crippen molar-refractivity contribution in [3.8, 4) is 5.75 Å². The standard InChI is InChI=1S/C27H32O4/c1-14-10-15(2)20-17(11-14)22(28)21(25(31-9)24(20)30)16-12-18(26(3,4)5)23(29)19(13-16)27(6,7)8/h10-13,29H,1-9H3. The molecule has 0 radical (unpaired) electrons. The minimum Gasteiger partial charge on any atom is -0.507 e. The van der Waals surface area contributed by atoms with Crippen LogP contribution in [0.25, 0.3) is 5.57 Å². The second-order valence-corrected chi connectivity index (χ2v) is 10.5. The van der Waals surface area contributed by atoms with Crippen molar-refractivity contribution in [2.24, 2.45) is 0 Å². The number of benzene rings is 2. The van der Waals surface area contributed by atoms with Crippen LogP contribution in [-0.4, -0.2) is 23.8 Å². The highest BCUT2D eigenvalue weighted by atomic mass is 16.5. The SMILES string of the molecule is COC1=C(c2cc(C(C)(C)C)c(O)c(C(C)(C)C)c2)C(=O)c2cc(C)cc(C)c2C1=O. The van der Waals surface area contributed by atoms with Gasteiger partial charge in [0.2, 0.25) is 5.78 Å². The highest BCUT2D eigenvalue weighted by Crippen LogP contribution is 2.43. The quantitative estimate of drug-likeness (QED) is 0.643. The van der Waals surface area contributed by atoms with Gasteiger partial charge in [0.15, 0.2) is 11.5 Å². The van der Waals surface area contributed by atoms with Gasteiger partial charge in [-0.25, -0.2) is 0 Å². The third-order valence-electron chi connectivity index (χ3n) is 5.83. The fraction of sp³-hybridized carbons (Fsp3) is 0.407. The molecule has 0 saturated heterocycles. The lowest BCUT2D eigenvalue weighted by Gasteiger charge is -2.29. The second kappa shape index (κ2) is 7.37. The summed E-state index contributed by atoms with van der Waals surface area (Å²) in [7, 11) is 1.42. The first kappa shape index (κ1) is 22.8. The minimum atomic E-state index is -0.360. The van der Waals surface area contributed by atoms with E-state index >= 15 is 0 Å². The van der Waals surface area contributed by atoms with E-state index in [1.807, 2.05) is 73.6 Å². The van der Waals surface area contributed by atoms with Crippen LogP contribution in [0, 0.1) is 13.8 Å². The molecular formula is C27H32O4. The number of carbonyl (C=O) groups is 2. The van der Waals surface area contributed by atoms with E-state index in [9.17, 15) is 14.7 Å². The summed E-state index contributed by atoms with van der Waals surface area (Å²) in [6.45, 7) is 15.8. The monoisotopic (exact) mass is 420 g/mol. The Labute approximate surface area is 184 Å². The molecule has 0 aliphatic heterocycles. The molecule has 3 rings (SSSR count). The molecule has 0 atom stereocenters. The van der Waals surface area contributed by atoms with Crippen molar-refractivity contribution in [3.63, 3.8) is 0 Å². The van der Waals surface area contributed by atoms with E-state index in [2.05, 4.69) is 0 Å². The largest absolute Gasteiger partial charge is 0.507 e. The van der Waals surface area contributed by atoms with Crippen molar-refractivity contribution < 1.29 is 19.4 Å². The molecule has 0 fully saturated rings. The van der Waals surface area contributed by atoms with E-state index in [4.69, 9.17) is 4.74 Å². The summed E-state index contributed by atoms with van der Waals surface area (Å²) >= 11 is 0. The molecule has 0 amide bonds. The molecule has 2 aromatic rings. The van der Waals surface area contributed by atoms with Crippen molar-refractivity contribution in [1.29, 1.82) is 0 Å². The van der Waals surface area contributed by atoms with Crippen LogP contribution < -0.4 is 0 Å². The molecule has 4 heteroatoms. The Morgan fingerprint density at radius 1 is 0.806 bits per heavy atom. The fourth-order valence-corrected chi connectivity index (χ4v) is 4.29. The molecule has 0 unspecified atom stereocenters. The van der Waals surface area contributed by atoms with Gasteiger partial charge in [0.1, 0.15) is 5.75 Å². The first-order valence-electron chi connectivity index (χ1n) is 10.6. The molecule has 1 aliphatic rings. The number of ether oxygens (including phenoxy) is 1. The lowest BCUT2D eigenvalue weighted by Crippen LogP contribution is -2.25. The van der Waals surface area contributed by atoms with E-state index in [1.165, 1.54) is 7.11 Å². The van der Waals surface area contributed by atoms with Crippen molar-refractivity contribution in [2.75, 3.05) is 7.11 Å². The summed E-state index contributed by atoms with van der Waals surface area (Å²) in [6, 6.07) is 7.30. The third-order valence-corrected chi connectivity index (χ3v) is 5.83. The molecule has 2 aromatic carbocycles. The van der Waals surface area contributed by atoms with Crippen molar-refractivity contribution >= 4 is 17.1 Å². The number of carbonyl (C=O) groups excluding carboxylic acids is 2. The van der Waals surface area contributed by atoms with Crippen LogP contribution in [0.3, 0.4) is 0 Å². The Kier molecular flexibility index (Phi) is 5.42. The van der Waals surface area contributed by atoms with E-state index in [-0.39, 0.29) is 39.5 Å². The number of phenols is 1. The van der Waals surface area contributed by atoms with Gasteiger partial charge in [-0.1, -0.05) is 53.2 Å². The minimum absolute atomic E-state index is 0.0508. The molecule has 4 nitrogen and oxygen atoms in total. The first-order valence-corrected chi connectivity index (χ1v) is 10.6. The maximum atomic E-state index is 13.7. The number of hydrogen-bond donors (Lipinski definition) is 1. The van der Waals surface area contributed by atoms with Gasteiger partial charge in [-0.3, -0.25) is 9.59 Å². The molecule has 1 aliphatic carbocycles. The van der Waals surface area contributed by atoms with E-state index < -0.39 is 0 Å². The lowest BCUT2D eigenvalue weighted by molar-refractivity contribution is 0.0924. The summed E-state index contributed by atoms with van der Waals surface area (Å²) in [5.41, 5.74) is 4.07. The predicted molar refractivity (Wildman–Crippen MR) is 124 cm³/mol. The van der Waals surface area contributed by atoms with Crippen LogP contribution in [0.15, 0.2) is 30.0 Å². The highest BCUT2D eigenvalue weighted by Gasteiger charge is 2.37. The molecule has 31 heavy (non-hydrogen) atoms. The van der Waals surface area contributed by atoms with Crippen LogP contribution in [-0.2, 0) is 15.6 Å². The molecule has 0 bridgehead atoms. The van der Waals surface area contributed by atoms with E-state index in [0.717, 1.165) is 22.3 Å². The summed E-state index contributed by atoms with van der Waals surface area (Å²) in [4.78, 5) is 27.0. The number of aryl methyl sites for hydroxylation is 2. The molecule has 1 N–H and O–H groups in total. The zero-order valence-electron chi connectivity index (χ0n) is 20.0. The van der Waals surface area contributed by atoms with Gasteiger partial charge < -0.3 is 9.84 Å². The summed E-state index contributed by atoms with van der Waals surface area (Å²) in [5, 5.41) is 11.1. The smallest absolute Gasteiger partial charge is 0.229 e. The van der Waals surface area contributed by atoms with Gasteiger partial charge in [0.25, 0.3) is 0 Å². The Morgan fingerprint density at radius 2 is 1.32 bits per heavy atom. The number of aromatic hydroxyl groups is 1. The predicted octanol–water partition coefficient (Wildman–Crippen LogP) is 6.04. The van der Waals surface area contributed by atoms with Crippen LogP contribution in [0.2, 0.25) is 0 Å². The van der Waals surface area contributed by atoms with Crippen molar-refractivity contribution in [3.05, 3.63) is 69.0 Å². The number of rotatable bonds is 2. The Hall–Kier alpha value is -2.88. The molecule has 0 saturated carbocycles. The number of ketones is 2. The van der Waals surface area contributed by atoms with Gasteiger partial charge >= 0.3 is 0 Å². The average molecular weight is 421 g/mol. The number of methoxy groups -OCH3 is 1. The fourth-order valence-electron chi connectivity index (χ4n) is 4.29. The van der Waals surface area contributed by atoms with Gasteiger partial charge in [-0.05, 0) is 54.0 Å². The first-order chi connectivity index (χ1) is 14.2. The zero-order chi connectivity index (χ0) is 23.5. The van der Waals surface area contributed by atoms with Crippen LogP contribution >= 0.6 is 0 Å². The summed E-state index contributed by atoms with van der Waals surface area (Å²) < 4.78 is 5.51. The number of fused-ring (bicyclic) bond motifs is 1. The molecule has 164 valence electrons. The van der Waals surface area contributed by atoms with Gasteiger partial charge in [0.05, 0.1) is 12.7 Å². The normalized spacial score (nSPS) is 14.7. The van der Waals surface area contributed by atoms with Crippen molar-refractivity contribution in [2.45, 2.75) is 66.2 Å². The number of Topliss-reactive ketones (excluding diaryl/α,β-unsaturated/α-hetero) is 2. The van der Waals surface area contributed by atoms with Crippen LogP contribution in [0.4, 0.5) is 0 Å². The Balaban J connectivity index is 2.40. The molecule has 0 heterocycles. The lowest BCUT2D eigenvalue weighted by atomic mass is 9.75. The van der Waals surface area contributed by atoms with E-state index in [0.29, 0.717) is 16.7 Å². The second-order valence-electron chi connectivity index (χ2n) is 10.5. The average Bonchev–Trinajstić information content (AvgIpc) is 2.62. The number of hydrogen-bond acceptors (Lipinski definition) is 4. The zero-order valence-corrected chi connectivity index (χ0v) is 20.0. The molecule has 0 aromatic heterocycles. The van der Waals surface area contributed by atoms with E-state index in [1.54, 1.807) is 6.07 Å². The van der Waals surface area contributed by atoms with Gasteiger partial charge in [0, 0.05) is 22.3 Å². The van der Waals surface area contributed by atoms with Crippen molar-refractivity contribution in [1.82, 2.24) is 0 Å². The summed E-state index contributed by atoms with van der Waals surface area (Å²) in [6.07, 6.45) is 0. The van der Waals surface area contributed by atoms with Crippen LogP contribution in [0.5, 0.6) is 5.75 Å². The maximum Gasteiger partial charge on any atom is 0.229 e. The molecular weight excluding hydrogens is 388 g/mol. The number of phenolic OH excluding ortho intramolecular Hbond substituents is 1. The summed E-state index contributed by atoms with van der Waals surface area (Å²) in [5.74, 6) is -0.240. The topological polar surface area (TPSA) is 63.6 Å². The van der Waals surface area contributed by atoms with Gasteiger partial charge in [-0.15, -0.1) is 0 Å². The van der Waals surface area contributed by atoms with Crippen LogP contribution in [0.1, 0.15) is 90.1 Å². The Morgan fingerprint density at radius 3 is 1.77 bits per heavy atom. The maximum absolute atomic E-state index is 13.7. The number of allylic oxidation sites excluding steroid dienone is 2. The molecule has 0 spiro atoms. The van der Waals surface area contributed by atoms with Gasteiger partial charge in [-0.2, -0.15) is 0 Å². The Bertz CT molecular complexity index is 1100.